The van der Waals surface area contributed by atoms with E-state index < -0.39 is 11.7 Å². The number of rotatable bonds is 8. The zero-order valence-electron chi connectivity index (χ0n) is 17.4. The number of nitrogens with one attached hydrogen (secondary N) is 1. The molecule has 1 aliphatic heterocycles. The molecule has 2 aromatic rings. The summed E-state index contributed by atoms with van der Waals surface area (Å²) >= 11 is 6.48. The Morgan fingerprint density at radius 3 is 2.53 bits per heavy atom. The average molecular weight is 468 g/mol. The number of alkyl halides is 3. The van der Waals surface area contributed by atoms with E-state index in [1.165, 1.54) is 12.1 Å². The van der Waals surface area contributed by atoms with Crippen molar-refractivity contribution in [2.24, 2.45) is 0 Å². The van der Waals surface area contributed by atoms with Gasteiger partial charge in [-0.05, 0) is 30.8 Å². The summed E-state index contributed by atoms with van der Waals surface area (Å²) in [4.78, 5) is 16.9. The molecule has 1 aliphatic rings. The van der Waals surface area contributed by atoms with Gasteiger partial charge in [0.1, 0.15) is 17.5 Å². The minimum Gasteiger partial charge on any atom is -0.461 e. The fourth-order valence-electron chi connectivity index (χ4n) is 3.07. The summed E-state index contributed by atoms with van der Waals surface area (Å²) in [5.41, 5.74) is 0.899. The van der Waals surface area contributed by atoms with Gasteiger partial charge < -0.3 is 15.0 Å². The summed E-state index contributed by atoms with van der Waals surface area (Å²) in [6.45, 7) is 3.09. The number of benzene rings is 1. The molecular weight excluding hydrogens is 447 g/mol. The summed E-state index contributed by atoms with van der Waals surface area (Å²) in [6.07, 6.45) is -0.799. The van der Waals surface area contributed by atoms with Crippen molar-refractivity contribution < 1.29 is 22.7 Å². The maximum Gasteiger partial charge on any atom is 0.416 e. The van der Waals surface area contributed by atoms with Crippen molar-refractivity contribution in [3.63, 3.8) is 0 Å². The van der Waals surface area contributed by atoms with Crippen LogP contribution >= 0.6 is 11.6 Å². The molecule has 11 heteroatoms. The van der Waals surface area contributed by atoms with Gasteiger partial charge in [-0.15, -0.1) is 10.2 Å². The molecule has 2 heterocycles. The van der Waals surface area contributed by atoms with Crippen molar-refractivity contribution in [3.8, 4) is 11.3 Å². The fraction of sp³-hybridized carbons (Fsp3) is 0.333. The van der Waals surface area contributed by atoms with Gasteiger partial charge in [0.05, 0.1) is 18.7 Å². The van der Waals surface area contributed by atoms with Crippen LogP contribution in [0.4, 0.5) is 19.1 Å². The Kier molecular flexibility index (Phi) is 7.34. The quantitative estimate of drug-likeness (QED) is 0.464. The Labute approximate surface area is 187 Å². The van der Waals surface area contributed by atoms with E-state index in [2.05, 4.69) is 20.5 Å². The zero-order valence-corrected chi connectivity index (χ0v) is 18.1. The van der Waals surface area contributed by atoms with Crippen LogP contribution in [-0.4, -0.2) is 47.9 Å². The van der Waals surface area contributed by atoms with Crippen molar-refractivity contribution >= 4 is 29.6 Å². The molecule has 0 bridgehead atoms. The predicted octanol–water partition coefficient (Wildman–Crippen LogP) is 4.01. The molecule has 0 atom stereocenters. The summed E-state index contributed by atoms with van der Waals surface area (Å²) in [6, 6.07) is 4.63. The topological polar surface area (TPSA) is 80.2 Å². The third-order valence-corrected chi connectivity index (χ3v) is 5.29. The highest BCUT2D eigenvalue weighted by Gasteiger charge is 2.32. The number of allylic oxidation sites excluding steroid dienone is 3. The van der Waals surface area contributed by atoms with Crippen LogP contribution < -0.4 is 10.2 Å². The van der Waals surface area contributed by atoms with Gasteiger partial charge in [-0.3, -0.25) is 4.79 Å². The van der Waals surface area contributed by atoms with Crippen molar-refractivity contribution in [1.29, 1.82) is 0 Å². The summed E-state index contributed by atoms with van der Waals surface area (Å²) in [7, 11) is 1.72. The smallest absolute Gasteiger partial charge is 0.416 e. The Hall–Kier alpha value is -3.14. The van der Waals surface area contributed by atoms with E-state index in [1.807, 2.05) is 6.92 Å². The van der Waals surface area contributed by atoms with E-state index in [0.717, 1.165) is 12.1 Å². The molecule has 3 rings (SSSR count). The lowest BCUT2D eigenvalue weighted by Gasteiger charge is -2.37. The predicted molar refractivity (Wildman–Crippen MR) is 115 cm³/mol. The average Bonchev–Trinajstić information content (AvgIpc) is 2.75. The SMILES string of the molecule is CC/C(Cl)=C(\C=C/NC)c1nc(N2CC(OC=O)C2)nnc1-c1ccc(C(F)(F)F)cc1. The third kappa shape index (κ3) is 5.18. The van der Waals surface area contributed by atoms with E-state index in [4.69, 9.17) is 16.3 Å². The highest BCUT2D eigenvalue weighted by atomic mass is 35.5. The van der Waals surface area contributed by atoms with Crippen molar-refractivity contribution in [3.05, 3.63) is 52.8 Å². The second kappa shape index (κ2) is 9.99. The molecule has 1 aromatic carbocycles. The van der Waals surface area contributed by atoms with Gasteiger partial charge in [0.2, 0.25) is 5.95 Å². The lowest BCUT2D eigenvalue weighted by Crippen LogP contribution is -2.53. The molecule has 1 N–H and O–H groups in total. The Morgan fingerprint density at radius 1 is 1.28 bits per heavy atom. The molecule has 0 amide bonds. The number of aromatic nitrogens is 3. The molecule has 32 heavy (non-hydrogen) atoms. The summed E-state index contributed by atoms with van der Waals surface area (Å²) in [5.74, 6) is 0.303. The van der Waals surface area contributed by atoms with E-state index in [0.29, 0.717) is 59.5 Å². The second-order valence-corrected chi connectivity index (χ2v) is 7.39. The monoisotopic (exact) mass is 467 g/mol. The Bertz CT molecular complexity index is 1020. The van der Waals surface area contributed by atoms with Crippen molar-refractivity contribution in [2.45, 2.75) is 25.6 Å². The first-order valence-electron chi connectivity index (χ1n) is 9.77. The number of nitrogens with zero attached hydrogens (tertiary/aromatic N) is 4. The molecule has 1 saturated heterocycles. The zero-order chi connectivity index (χ0) is 23.3. The van der Waals surface area contributed by atoms with Gasteiger partial charge >= 0.3 is 6.18 Å². The molecular formula is C21H21ClF3N5O2. The molecule has 1 fully saturated rings. The number of hydrogen-bond acceptors (Lipinski definition) is 7. The Balaban J connectivity index is 2.08. The fourth-order valence-corrected chi connectivity index (χ4v) is 3.22. The van der Waals surface area contributed by atoms with Crippen LogP contribution in [0.25, 0.3) is 16.8 Å². The lowest BCUT2D eigenvalue weighted by atomic mass is 10.0. The van der Waals surface area contributed by atoms with Gasteiger partial charge in [-0.2, -0.15) is 13.2 Å². The van der Waals surface area contributed by atoms with Gasteiger partial charge in [0.15, 0.2) is 0 Å². The molecule has 0 unspecified atom stereocenters. The Morgan fingerprint density at radius 2 is 1.97 bits per heavy atom. The van der Waals surface area contributed by atoms with Gasteiger partial charge in [0, 0.05) is 23.2 Å². The minimum absolute atomic E-state index is 0.257. The van der Waals surface area contributed by atoms with Crippen LogP contribution in [0, 0.1) is 0 Å². The number of ether oxygens (including phenoxy) is 1. The molecule has 0 radical (unpaired) electrons. The van der Waals surface area contributed by atoms with E-state index in [-0.39, 0.29) is 6.10 Å². The van der Waals surface area contributed by atoms with E-state index in [1.54, 1.807) is 24.2 Å². The summed E-state index contributed by atoms with van der Waals surface area (Å²) in [5, 5.41) is 11.8. The maximum atomic E-state index is 13.0. The first-order valence-corrected chi connectivity index (χ1v) is 10.2. The normalized spacial score (nSPS) is 15.4. The summed E-state index contributed by atoms with van der Waals surface area (Å²) < 4.78 is 43.8. The minimum atomic E-state index is -4.45. The van der Waals surface area contributed by atoms with Crippen LogP contribution in [0.2, 0.25) is 0 Å². The molecule has 1 aromatic heterocycles. The van der Waals surface area contributed by atoms with Crippen LogP contribution in [0.15, 0.2) is 41.6 Å². The van der Waals surface area contributed by atoms with Crippen LogP contribution in [-0.2, 0) is 15.7 Å². The highest BCUT2D eigenvalue weighted by molar-refractivity contribution is 6.33. The second-order valence-electron chi connectivity index (χ2n) is 6.94. The van der Waals surface area contributed by atoms with Crippen molar-refractivity contribution in [1.82, 2.24) is 20.5 Å². The molecule has 0 spiro atoms. The van der Waals surface area contributed by atoms with E-state index >= 15 is 0 Å². The standard InChI is InChI=1S/C21H21ClF3N5O2/c1-3-17(22)16(8-9-26-2)19-18(13-4-6-14(7-5-13)21(23,24)25)28-29-20(27-19)30-10-15(11-30)32-12-31/h4-9,12,15,26H,3,10-11H2,1-2H3/b9-8-,17-16-. The van der Waals surface area contributed by atoms with Crippen LogP contribution in [0.3, 0.4) is 0 Å². The van der Waals surface area contributed by atoms with Gasteiger partial charge in [-0.1, -0.05) is 30.7 Å². The highest BCUT2D eigenvalue weighted by Crippen LogP contribution is 2.34. The van der Waals surface area contributed by atoms with Crippen LogP contribution in [0.1, 0.15) is 24.6 Å². The van der Waals surface area contributed by atoms with E-state index in [9.17, 15) is 18.0 Å². The number of hydrogen-bond donors (Lipinski definition) is 1. The maximum absolute atomic E-state index is 13.0. The molecule has 170 valence electrons. The third-order valence-electron chi connectivity index (χ3n) is 4.81. The number of anilines is 1. The van der Waals surface area contributed by atoms with Gasteiger partial charge in [-0.25, -0.2) is 4.98 Å². The first kappa shape index (κ1) is 23.5. The number of carbonyl (C=O) groups excluding carboxylic acids is 1. The first-order chi connectivity index (χ1) is 15.3. The van der Waals surface area contributed by atoms with Crippen LogP contribution in [0.5, 0.6) is 0 Å². The van der Waals surface area contributed by atoms with Gasteiger partial charge in [0.25, 0.3) is 6.47 Å². The molecule has 7 nitrogen and oxygen atoms in total. The molecule has 0 aliphatic carbocycles. The largest absolute Gasteiger partial charge is 0.461 e. The number of halogens is 4. The van der Waals surface area contributed by atoms with Crippen molar-refractivity contribution in [2.75, 3.05) is 25.0 Å². The molecule has 0 saturated carbocycles. The number of carbonyl (C=O) groups is 1. The lowest BCUT2D eigenvalue weighted by molar-refractivity contribution is -0.137.